The van der Waals surface area contributed by atoms with Gasteiger partial charge in [-0.3, -0.25) is 33.6 Å². The molecule has 4 amide bonds. The summed E-state index contributed by atoms with van der Waals surface area (Å²) < 4.78 is 52.7. The van der Waals surface area contributed by atoms with Crippen molar-refractivity contribution in [2.75, 3.05) is 26.9 Å². The number of carboxylic acids is 2. The normalized spacial score (nSPS) is 22.6. The number of hydrogen-bond donors (Lipinski definition) is 4. The number of carbonyl (C=O) groups excluding carboxylic acids is 4. The molecule has 0 unspecified atom stereocenters. The summed E-state index contributed by atoms with van der Waals surface area (Å²) in [4.78, 5) is 114. The molecule has 6 aliphatic rings. The lowest BCUT2D eigenvalue weighted by atomic mass is 10.1. The average Bonchev–Trinajstić information content (AvgIpc) is 3.33. The highest BCUT2D eigenvalue weighted by Crippen LogP contribution is 2.32. The molecule has 6 aliphatic heterocycles. The minimum Gasteiger partial charge on any atom is -0.503 e. The molecule has 9 heterocycles. The van der Waals surface area contributed by atoms with Crippen molar-refractivity contribution in [2.45, 2.75) is 103 Å². The van der Waals surface area contributed by atoms with Crippen molar-refractivity contribution in [3.05, 3.63) is 123 Å². The molecule has 10 rings (SSSR count). The molecule has 0 aliphatic carbocycles. The van der Waals surface area contributed by atoms with Crippen LogP contribution in [-0.2, 0) is 40.4 Å². The Kier molecular flexibility index (Phi) is 14.6. The number of carbonyl (C=O) groups is 6. The topological polar surface area (TPSA) is 288 Å². The Labute approximate surface area is 416 Å². The van der Waals surface area contributed by atoms with Crippen LogP contribution in [0.5, 0.6) is 11.5 Å². The van der Waals surface area contributed by atoms with E-state index in [0.29, 0.717) is 45.1 Å². The monoisotopic (exact) mass is 1040 g/mol. The zero-order valence-electron chi connectivity index (χ0n) is 39.5. The van der Waals surface area contributed by atoms with E-state index in [9.17, 15) is 57.0 Å². The van der Waals surface area contributed by atoms with Gasteiger partial charge in [-0.2, -0.15) is 0 Å². The predicted molar refractivity (Wildman–Crippen MR) is 247 cm³/mol. The third-order valence-electron chi connectivity index (χ3n) is 13.3. The fourth-order valence-electron chi connectivity index (χ4n) is 9.52. The number of fused-ring (bicyclic) bond motifs is 6. The number of halogens is 3. The molecule has 0 spiro atoms. The van der Waals surface area contributed by atoms with Crippen LogP contribution in [0.15, 0.2) is 51.2 Å². The third-order valence-corrected chi connectivity index (χ3v) is 13.7. The Morgan fingerprint density at radius 2 is 1.11 bits per heavy atom. The number of rotatable bonds is 6. The first kappa shape index (κ1) is 51.9. The highest BCUT2D eigenvalue weighted by Gasteiger charge is 2.44. The van der Waals surface area contributed by atoms with Gasteiger partial charge in [0.1, 0.15) is 39.0 Å². The lowest BCUT2D eigenvalue weighted by Gasteiger charge is -2.44. The molecule has 3 aromatic heterocycles. The van der Waals surface area contributed by atoms with E-state index in [2.05, 4.69) is 5.32 Å². The Hall–Kier alpha value is -7.48. The average molecular weight is 1040 g/mol. The smallest absolute Gasteiger partial charge is 0.341 e. The number of methoxy groups -OCH3 is 1. The quantitative estimate of drug-likeness (QED) is 0.216. The molecule has 388 valence electrons. The van der Waals surface area contributed by atoms with Gasteiger partial charge in [0.15, 0.2) is 41.6 Å². The van der Waals surface area contributed by atoms with Gasteiger partial charge in [0, 0.05) is 54.9 Å². The molecule has 23 nitrogen and oxygen atoms in total. The molecule has 0 saturated carbocycles. The van der Waals surface area contributed by atoms with Gasteiger partial charge in [0.05, 0.1) is 46.6 Å². The van der Waals surface area contributed by atoms with E-state index in [4.69, 9.17) is 40.8 Å². The molecule has 6 atom stereocenters. The Morgan fingerprint density at radius 3 is 1.59 bits per heavy atom. The standard InChI is InChI=1S/C20H19F2N3O5.C14H16N2O6.C13H13ClN2O5/c1-10-4-5-30-15-9-24-8-13(17(26)18(27)16(24)20(29)25(10)15)19(28)23-7-11-2-3-12(21)6-14(11)22;1-7-3-4-22-9-6-15-5-8(14(19)20)11(17)12(21-2)10(15)13(18)16(7)9;1-6-2-3-21-8-5-15-4-7(13(19)20)11(17)9(14)10(15)12(18)16(6)8/h2-3,6,8,10,15,27H,4-5,7,9H2,1H3,(H,23,28);5,7,9H,3-4,6H2,1-2H3,(H,19,20);4,6,8H,2-3,5H2,1H3,(H,19,20)/t10-,15+;7-,9+;6-,8+/m111/s1. The van der Waals surface area contributed by atoms with Crippen LogP contribution < -0.4 is 26.3 Å². The maximum atomic E-state index is 13.8. The summed E-state index contributed by atoms with van der Waals surface area (Å²) in [5.74, 6) is -7.57. The first-order valence-electron chi connectivity index (χ1n) is 22.9. The van der Waals surface area contributed by atoms with Crippen LogP contribution in [0.4, 0.5) is 8.78 Å². The van der Waals surface area contributed by atoms with Gasteiger partial charge < -0.3 is 68.0 Å². The van der Waals surface area contributed by atoms with E-state index in [1.54, 1.807) is 9.80 Å². The lowest BCUT2D eigenvalue weighted by molar-refractivity contribution is -0.112. The number of nitrogens with zero attached hydrogens (tertiary/aromatic N) is 6. The molecule has 1 aromatic carbocycles. The minimum atomic E-state index is -1.37. The molecular weight excluding hydrogens is 992 g/mol. The second kappa shape index (κ2) is 20.6. The number of carboxylic acid groups (broad SMARTS) is 2. The second-order valence-corrected chi connectivity index (χ2v) is 18.2. The zero-order valence-corrected chi connectivity index (χ0v) is 40.2. The number of pyridine rings is 3. The van der Waals surface area contributed by atoms with Gasteiger partial charge in [-0.15, -0.1) is 0 Å². The molecule has 3 fully saturated rings. The Balaban J connectivity index is 0.000000149. The third kappa shape index (κ3) is 9.55. The number of aromatic carboxylic acids is 2. The van der Waals surface area contributed by atoms with Crippen LogP contribution in [0.25, 0.3) is 0 Å². The van der Waals surface area contributed by atoms with Crippen molar-refractivity contribution in [1.82, 2.24) is 33.7 Å². The molecule has 3 saturated heterocycles. The van der Waals surface area contributed by atoms with Crippen LogP contribution in [0, 0.1) is 11.6 Å². The predicted octanol–water partition coefficient (Wildman–Crippen LogP) is 2.29. The number of benzene rings is 1. The summed E-state index contributed by atoms with van der Waals surface area (Å²) in [6, 6.07) is 2.76. The van der Waals surface area contributed by atoms with Gasteiger partial charge in [-0.05, 0) is 46.1 Å². The molecule has 0 radical (unpaired) electrons. The van der Waals surface area contributed by atoms with E-state index >= 15 is 0 Å². The second-order valence-electron chi connectivity index (χ2n) is 17.9. The van der Waals surface area contributed by atoms with Crippen molar-refractivity contribution in [3.8, 4) is 11.5 Å². The van der Waals surface area contributed by atoms with Gasteiger partial charge in [0.2, 0.25) is 16.3 Å². The first-order valence-corrected chi connectivity index (χ1v) is 23.2. The Bertz CT molecular complexity index is 3160. The summed E-state index contributed by atoms with van der Waals surface area (Å²) in [6.07, 6.45) is 4.08. The summed E-state index contributed by atoms with van der Waals surface area (Å²) >= 11 is 5.95. The van der Waals surface area contributed by atoms with Crippen LogP contribution >= 0.6 is 11.6 Å². The maximum absolute atomic E-state index is 13.8. The highest BCUT2D eigenvalue weighted by molar-refractivity contribution is 6.33. The highest BCUT2D eigenvalue weighted by atomic mass is 35.5. The molecule has 4 N–H and O–H groups in total. The van der Waals surface area contributed by atoms with E-state index in [-0.39, 0.29) is 83.6 Å². The Morgan fingerprint density at radius 1 is 0.671 bits per heavy atom. The number of amides is 4. The lowest BCUT2D eigenvalue weighted by Crippen LogP contribution is -2.57. The van der Waals surface area contributed by atoms with Gasteiger partial charge in [0.25, 0.3) is 23.6 Å². The van der Waals surface area contributed by atoms with Crippen molar-refractivity contribution < 1.29 is 71.8 Å². The fourth-order valence-corrected chi connectivity index (χ4v) is 9.82. The SMILES string of the molecule is COc1c2n(cc(C(=O)O)c1=O)C[C@@H]1OCC[C@@H](C)N1C2=O.C[C@@H]1CCO[C@H]2Cn3cc(C(=O)NCc4ccc(F)cc4F)c(=O)c(O)c3C(=O)N12.C[C@@H]1CCO[C@H]2Cn3cc(C(=O)O)c(=O)c(Cl)c3C(=O)N12. The molecule has 4 aromatic rings. The van der Waals surface area contributed by atoms with Crippen molar-refractivity contribution in [2.24, 2.45) is 0 Å². The molecule has 26 heteroatoms. The van der Waals surface area contributed by atoms with E-state index in [1.165, 1.54) is 44.2 Å². The van der Waals surface area contributed by atoms with E-state index in [0.717, 1.165) is 12.3 Å². The van der Waals surface area contributed by atoms with Gasteiger partial charge in [-0.25, -0.2) is 18.4 Å². The first-order chi connectivity index (χ1) is 34.6. The summed E-state index contributed by atoms with van der Waals surface area (Å²) in [5.41, 5.74) is -3.98. The number of hydrogen-bond acceptors (Lipinski definition) is 14. The van der Waals surface area contributed by atoms with E-state index in [1.807, 2.05) is 20.8 Å². The van der Waals surface area contributed by atoms with Crippen LogP contribution in [0.1, 0.15) is 108 Å². The summed E-state index contributed by atoms with van der Waals surface area (Å²) in [7, 11) is 1.25. The summed E-state index contributed by atoms with van der Waals surface area (Å²) in [6.45, 7) is 7.59. The van der Waals surface area contributed by atoms with Crippen molar-refractivity contribution in [1.29, 1.82) is 0 Å². The minimum absolute atomic E-state index is 0.0149. The van der Waals surface area contributed by atoms with Crippen LogP contribution in [-0.4, -0.2) is 143 Å². The van der Waals surface area contributed by atoms with Gasteiger partial charge >= 0.3 is 11.9 Å². The molecule has 73 heavy (non-hydrogen) atoms. The largest absolute Gasteiger partial charge is 0.503 e. The number of aromatic nitrogens is 3. The fraction of sp³-hybridized carbons (Fsp3) is 0.426. The van der Waals surface area contributed by atoms with Gasteiger partial charge in [-0.1, -0.05) is 17.7 Å². The number of ether oxygens (including phenoxy) is 4. The zero-order chi connectivity index (χ0) is 52.9. The van der Waals surface area contributed by atoms with Crippen molar-refractivity contribution >= 4 is 47.2 Å². The van der Waals surface area contributed by atoms with Crippen LogP contribution in [0.2, 0.25) is 5.02 Å². The molecular formula is C47H48ClF2N7O16. The number of aromatic hydroxyl groups is 1. The maximum Gasteiger partial charge on any atom is 0.341 e. The van der Waals surface area contributed by atoms with Crippen molar-refractivity contribution in [3.63, 3.8) is 0 Å². The molecule has 0 bridgehead atoms. The summed E-state index contributed by atoms with van der Waals surface area (Å²) in [5, 5.41) is 30.6. The van der Waals surface area contributed by atoms with E-state index < -0.39 is 98.7 Å². The van der Waals surface area contributed by atoms with Crippen LogP contribution in [0.3, 0.4) is 0 Å². The number of nitrogens with one attached hydrogen (secondary N) is 1.